The fourth-order valence-electron chi connectivity index (χ4n) is 2.50. The SMILES string of the molecule is O=C1NC(=O)[C@]2(CCc3cc(F)ccc32)N1. The van der Waals surface area contributed by atoms with Crippen molar-refractivity contribution < 1.29 is 14.0 Å². The highest BCUT2D eigenvalue weighted by Gasteiger charge is 2.51. The van der Waals surface area contributed by atoms with Crippen LogP contribution in [-0.2, 0) is 16.8 Å². The van der Waals surface area contributed by atoms with Crippen molar-refractivity contribution in [3.63, 3.8) is 0 Å². The predicted molar refractivity (Wildman–Crippen MR) is 53.1 cm³/mol. The smallest absolute Gasteiger partial charge is 0.319 e. The maximum absolute atomic E-state index is 13.0. The molecule has 0 aromatic heterocycles. The van der Waals surface area contributed by atoms with Gasteiger partial charge in [-0.3, -0.25) is 10.1 Å². The Hall–Kier alpha value is -1.91. The van der Waals surface area contributed by atoms with Gasteiger partial charge in [-0.05, 0) is 36.1 Å². The summed E-state index contributed by atoms with van der Waals surface area (Å²) in [6, 6.07) is 3.82. The highest BCUT2D eigenvalue weighted by atomic mass is 19.1. The third-order valence-electron chi connectivity index (χ3n) is 3.24. The zero-order valence-corrected chi connectivity index (χ0v) is 8.34. The first-order chi connectivity index (χ1) is 7.62. The van der Waals surface area contributed by atoms with Crippen LogP contribution in [0.3, 0.4) is 0 Å². The number of fused-ring (bicyclic) bond motifs is 2. The summed E-state index contributed by atoms with van der Waals surface area (Å²) in [6.07, 6.45) is 1.09. The standard InChI is InChI=1S/C11H9FN2O2/c12-7-1-2-8-6(5-7)3-4-11(8)9(15)13-10(16)14-11/h1-2,5H,3-4H2,(H2,13,14,15,16)/t11-/m1/s1. The van der Waals surface area contributed by atoms with Crippen molar-refractivity contribution in [2.24, 2.45) is 0 Å². The molecular formula is C11H9FN2O2. The van der Waals surface area contributed by atoms with E-state index in [0.29, 0.717) is 18.4 Å². The number of urea groups is 1. The molecule has 0 bridgehead atoms. The molecule has 1 saturated heterocycles. The van der Waals surface area contributed by atoms with Gasteiger partial charge in [0.1, 0.15) is 11.4 Å². The maximum atomic E-state index is 13.0. The fourth-order valence-corrected chi connectivity index (χ4v) is 2.50. The molecule has 16 heavy (non-hydrogen) atoms. The molecule has 0 saturated carbocycles. The monoisotopic (exact) mass is 220 g/mol. The highest BCUT2D eigenvalue weighted by molar-refractivity contribution is 6.08. The minimum atomic E-state index is -0.972. The van der Waals surface area contributed by atoms with E-state index in [0.717, 1.165) is 5.56 Å². The van der Waals surface area contributed by atoms with Gasteiger partial charge in [-0.1, -0.05) is 6.07 Å². The van der Waals surface area contributed by atoms with Gasteiger partial charge in [-0.15, -0.1) is 0 Å². The summed E-state index contributed by atoms with van der Waals surface area (Å²) in [5, 5.41) is 4.85. The number of halogens is 1. The van der Waals surface area contributed by atoms with Crippen molar-refractivity contribution in [2.45, 2.75) is 18.4 Å². The van der Waals surface area contributed by atoms with Crippen LogP contribution in [0.1, 0.15) is 17.5 Å². The summed E-state index contributed by atoms with van der Waals surface area (Å²) in [4.78, 5) is 22.9. The molecule has 2 aliphatic rings. The number of rotatable bonds is 0. The summed E-state index contributed by atoms with van der Waals surface area (Å²) in [6.45, 7) is 0. The number of benzene rings is 1. The second-order valence-corrected chi connectivity index (χ2v) is 4.12. The molecule has 0 radical (unpaired) electrons. The average Bonchev–Trinajstić information content (AvgIpc) is 2.70. The zero-order valence-electron chi connectivity index (χ0n) is 8.34. The lowest BCUT2D eigenvalue weighted by atomic mass is 9.92. The van der Waals surface area contributed by atoms with E-state index >= 15 is 0 Å². The molecule has 3 rings (SSSR count). The Kier molecular flexibility index (Phi) is 1.64. The Morgan fingerprint density at radius 3 is 2.81 bits per heavy atom. The summed E-state index contributed by atoms with van der Waals surface area (Å²) in [7, 11) is 0. The molecule has 1 spiro atoms. The van der Waals surface area contributed by atoms with Crippen LogP contribution in [0.5, 0.6) is 0 Å². The van der Waals surface area contributed by atoms with Crippen LogP contribution in [0.15, 0.2) is 18.2 Å². The van der Waals surface area contributed by atoms with Gasteiger partial charge in [-0.2, -0.15) is 0 Å². The van der Waals surface area contributed by atoms with Gasteiger partial charge in [0.2, 0.25) is 0 Å². The average molecular weight is 220 g/mol. The van der Waals surface area contributed by atoms with Crippen molar-refractivity contribution in [3.05, 3.63) is 35.1 Å². The number of amides is 3. The van der Waals surface area contributed by atoms with Crippen LogP contribution >= 0.6 is 0 Å². The first kappa shape index (κ1) is 9.33. The highest BCUT2D eigenvalue weighted by Crippen LogP contribution is 2.39. The van der Waals surface area contributed by atoms with Gasteiger partial charge < -0.3 is 5.32 Å². The molecule has 2 N–H and O–H groups in total. The van der Waals surface area contributed by atoms with Gasteiger partial charge in [0.05, 0.1) is 0 Å². The minimum Gasteiger partial charge on any atom is -0.319 e. The molecule has 1 aliphatic heterocycles. The van der Waals surface area contributed by atoms with Crippen LogP contribution in [0.4, 0.5) is 9.18 Å². The Morgan fingerprint density at radius 1 is 1.31 bits per heavy atom. The van der Waals surface area contributed by atoms with E-state index in [1.807, 2.05) is 0 Å². The number of nitrogens with one attached hydrogen (secondary N) is 2. The van der Waals surface area contributed by atoms with E-state index in [1.54, 1.807) is 6.07 Å². The number of carbonyl (C=O) groups is 2. The Balaban J connectivity index is 2.15. The van der Waals surface area contributed by atoms with Crippen LogP contribution in [0.2, 0.25) is 0 Å². The quantitative estimate of drug-likeness (QED) is 0.635. The third kappa shape index (κ3) is 1.02. The Morgan fingerprint density at radius 2 is 2.12 bits per heavy atom. The van der Waals surface area contributed by atoms with Crippen molar-refractivity contribution in [1.29, 1.82) is 0 Å². The summed E-state index contributed by atoms with van der Waals surface area (Å²) < 4.78 is 13.0. The first-order valence-electron chi connectivity index (χ1n) is 5.04. The molecule has 0 unspecified atom stereocenters. The lowest BCUT2D eigenvalue weighted by molar-refractivity contribution is -0.124. The lowest BCUT2D eigenvalue weighted by Gasteiger charge is -2.20. The molecule has 5 heteroatoms. The van der Waals surface area contributed by atoms with Crippen LogP contribution in [-0.4, -0.2) is 11.9 Å². The number of hydrogen-bond acceptors (Lipinski definition) is 2. The Bertz CT molecular complexity index is 515. The second-order valence-electron chi connectivity index (χ2n) is 4.12. The van der Waals surface area contributed by atoms with Crippen LogP contribution in [0.25, 0.3) is 0 Å². The van der Waals surface area contributed by atoms with Crippen LogP contribution < -0.4 is 10.6 Å². The summed E-state index contributed by atoms with van der Waals surface area (Å²) >= 11 is 0. The molecular weight excluding hydrogens is 211 g/mol. The predicted octanol–water partition coefficient (Wildman–Crippen LogP) is 0.807. The molecule has 3 amide bonds. The van der Waals surface area contributed by atoms with E-state index in [-0.39, 0.29) is 11.7 Å². The van der Waals surface area contributed by atoms with Gasteiger partial charge in [-0.25, -0.2) is 9.18 Å². The van der Waals surface area contributed by atoms with E-state index in [4.69, 9.17) is 0 Å². The number of carbonyl (C=O) groups excluding carboxylic acids is 2. The van der Waals surface area contributed by atoms with Crippen LogP contribution in [0, 0.1) is 5.82 Å². The largest absolute Gasteiger partial charge is 0.322 e. The Labute approximate surface area is 90.8 Å². The normalized spacial score (nSPS) is 26.8. The van der Waals surface area contributed by atoms with E-state index in [1.165, 1.54) is 12.1 Å². The number of aryl methyl sites for hydroxylation is 1. The van der Waals surface area contributed by atoms with E-state index in [2.05, 4.69) is 10.6 Å². The van der Waals surface area contributed by atoms with Gasteiger partial charge in [0.15, 0.2) is 0 Å². The van der Waals surface area contributed by atoms with E-state index < -0.39 is 11.6 Å². The van der Waals surface area contributed by atoms with Gasteiger partial charge in [0.25, 0.3) is 5.91 Å². The van der Waals surface area contributed by atoms with Crippen molar-refractivity contribution in [1.82, 2.24) is 10.6 Å². The first-order valence-corrected chi connectivity index (χ1v) is 5.04. The summed E-state index contributed by atoms with van der Waals surface area (Å²) in [5.41, 5.74) is 0.523. The van der Waals surface area contributed by atoms with Crippen molar-refractivity contribution in [2.75, 3.05) is 0 Å². The summed E-state index contributed by atoms with van der Waals surface area (Å²) in [5.74, 6) is -0.664. The molecule has 1 aromatic rings. The lowest BCUT2D eigenvalue weighted by Crippen LogP contribution is -2.41. The third-order valence-corrected chi connectivity index (χ3v) is 3.24. The molecule has 1 fully saturated rings. The fraction of sp³-hybridized carbons (Fsp3) is 0.273. The van der Waals surface area contributed by atoms with Crippen molar-refractivity contribution >= 4 is 11.9 Å². The molecule has 1 heterocycles. The van der Waals surface area contributed by atoms with Crippen molar-refractivity contribution in [3.8, 4) is 0 Å². The maximum Gasteiger partial charge on any atom is 0.322 e. The molecule has 1 aromatic carbocycles. The molecule has 1 aliphatic carbocycles. The second kappa shape index (κ2) is 2.81. The molecule has 82 valence electrons. The van der Waals surface area contributed by atoms with E-state index in [9.17, 15) is 14.0 Å². The number of hydrogen-bond donors (Lipinski definition) is 2. The minimum absolute atomic E-state index is 0.319. The molecule has 1 atom stereocenters. The topological polar surface area (TPSA) is 58.2 Å². The van der Waals surface area contributed by atoms with Gasteiger partial charge >= 0.3 is 6.03 Å². The zero-order chi connectivity index (χ0) is 11.3. The molecule has 4 nitrogen and oxygen atoms in total. The van der Waals surface area contributed by atoms with Gasteiger partial charge in [0, 0.05) is 0 Å². The number of imide groups is 1.